The predicted molar refractivity (Wildman–Crippen MR) is 99.4 cm³/mol. The number of rotatable bonds is 3. The Morgan fingerprint density at radius 2 is 1.96 bits per heavy atom. The summed E-state index contributed by atoms with van der Waals surface area (Å²) in [7, 11) is 0. The highest BCUT2D eigenvalue weighted by Crippen LogP contribution is 2.31. The van der Waals surface area contributed by atoms with Gasteiger partial charge in [0.15, 0.2) is 5.78 Å². The molecule has 3 nitrogen and oxygen atoms in total. The van der Waals surface area contributed by atoms with Gasteiger partial charge in [0.2, 0.25) is 0 Å². The fourth-order valence-electron chi connectivity index (χ4n) is 4.05. The highest BCUT2D eigenvalue weighted by molar-refractivity contribution is 5.98. The maximum absolute atomic E-state index is 12.9. The lowest BCUT2D eigenvalue weighted by Gasteiger charge is -2.36. The zero-order valence-electron chi connectivity index (χ0n) is 15.0. The quantitative estimate of drug-likeness (QED) is 0.653. The van der Waals surface area contributed by atoms with E-state index in [0.717, 1.165) is 36.1 Å². The second-order valence-corrected chi connectivity index (χ2v) is 8.03. The van der Waals surface area contributed by atoms with Gasteiger partial charge < -0.3 is 11.1 Å². The molecule has 0 unspecified atom stereocenters. The average molecular weight is 326 g/mol. The number of fused-ring (bicyclic) bond motifs is 1. The first kappa shape index (κ1) is 17.2. The monoisotopic (exact) mass is 326 g/mol. The van der Waals surface area contributed by atoms with Gasteiger partial charge in [-0.15, -0.1) is 0 Å². The highest BCUT2D eigenvalue weighted by atomic mass is 16.1. The molecular formula is C21H30N2O. The number of nitrogens with two attached hydrogens (primary N) is 1. The molecule has 1 aliphatic heterocycles. The molecule has 3 rings (SSSR count). The smallest absolute Gasteiger partial charge is 0.160 e. The van der Waals surface area contributed by atoms with E-state index in [0.29, 0.717) is 12.3 Å². The Bertz CT molecular complexity index is 637. The fourth-order valence-corrected chi connectivity index (χ4v) is 4.05. The number of ketones is 1. The molecule has 1 saturated carbocycles. The van der Waals surface area contributed by atoms with Gasteiger partial charge in [-0.05, 0) is 50.3 Å². The van der Waals surface area contributed by atoms with Crippen molar-refractivity contribution in [2.24, 2.45) is 11.7 Å². The molecule has 130 valence electrons. The molecule has 0 radical (unpaired) electrons. The first-order valence-electron chi connectivity index (χ1n) is 9.34. The van der Waals surface area contributed by atoms with Crippen LogP contribution in [0.25, 0.3) is 5.70 Å². The number of benzene rings is 1. The Hall–Kier alpha value is -1.61. The van der Waals surface area contributed by atoms with Crippen LogP contribution in [0.15, 0.2) is 24.3 Å². The first-order valence-corrected chi connectivity index (χ1v) is 9.34. The molecule has 1 aromatic carbocycles. The Labute approximate surface area is 145 Å². The topological polar surface area (TPSA) is 55.1 Å². The van der Waals surface area contributed by atoms with E-state index in [-0.39, 0.29) is 11.5 Å². The molecule has 24 heavy (non-hydrogen) atoms. The molecule has 0 amide bonds. The van der Waals surface area contributed by atoms with Crippen molar-refractivity contribution in [3.63, 3.8) is 0 Å². The lowest BCUT2D eigenvalue weighted by Crippen LogP contribution is -2.44. The second-order valence-electron chi connectivity index (χ2n) is 8.03. The number of hydrogen-bond donors (Lipinski definition) is 2. The molecule has 3 heteroatoms. The van der Waals surface area contributed by atoms with E-state index < -0.39 is 0 Å². The van der Waals surface area contributed by atoms with Crippen LogP contribution in [-0.4, -0.2) is 11.3 Å². The summed E-state index contributed by atoms with van der Waals surface area (Å²) in [6.45, 7) is 4.91. The molecule has 3 N–H and O–H groups in total. The van der Waals surface area contributed by atoms with Gasteiger partial charge in [0.1, 0.15) is 0 Å². The van der Waals surface area contributed by atoms with Crippen molar-refractivity contribution in [2.75, 3.05) is 0 Å². The van der Waals surface area contributed by atoms with Crippen LogP contribution in [-0.2, 0) is 17.8 Å². The number of carbonyl (C=O) groups is 1. The van der Waals surface area contributed by atoms with Crippen molar-refractivity contribution in [3.8, 4) is 0 Å². The van der Waals surface area contributed by atoms with Crippen molar-refractivity contribution in [1.29, 1.82) is 0 Å². The van der Waals surface area contributed by atoms with E-state index in [1.54, 1.807) is 0 Å². The Morgan fingerprint density at radius 1 is 1.25 bits per heavy atom. The second kappa shape index (κ2) is 7.10. The Morgan fingerprint density at radius 3 is 2.62 bits per heavy atom. The molecule has 2 aliphatic rings. The summed E-state index contributed by atoms with van der Waals surface area (Å²) in [6.07, 6.45) is 9.84. The van der Waals surface area contributed by atoms with E-state index in [4.69, 9.17) is 5.73 Å². The van der Waals surface area contributed by atoms with Gasteiger partial charge in [0.25, 0.3) is 0 Å². The molecule has 0 atom stereocenters. The summed E-state index contributed by atoms with van der Waals surface area (Å²) in [4.78, 5) is 12.9. The minimum absolute atomic E-state index is 0.0349. The van der Waals surface area contributed by atoms with Gasteiger partial charge in [-0.25, -0.2) is 0 Å². The average Bonchev–Trinajstić information content (AvgIpc) is 2.83. The molecule has 0 spiro atoms. The third kappa shape index (κ3) is 3.89. The maximum Gasteiger partial charge on any atom is 0.160 e. The van der Waals surface area contributed by atoms with E-state index >= 15 is 0 Å². The van der Waals surface area contributed by atoms with Crippen LogP contribution in [0.4, 0.5) is 0 Å². The van der Waals surface area contributed by atoms with Crippen molar-refractivity contribution in [1.82, 2.24) is 5.32 Å². The molecule has 0 bridgehead atoms. The van der Waals surface area contributed by atoms with Crippen molar-refractivity contribution in [2.45, 2.75) is 70.9 Å². The van der Waals surface area contributed by atoms with Crippen molar-refractivity contribution in [3.05, 3.63) is 41.0 Å². The lowest BCUT2D eigenvalue weighted by molar-refractivity contribution is -0.118. The van der Waals surface area contributed by atoms with Gasteiger partial charge in [0, 0.05) is 35.3 Å². The SMILES string of the molecule is CC1(C)Cc2ccc(CN)cc2/C(=C\C(=O)C2CCCCCC2)N1. The van der Waals surface area contributed by atoms with E-state index in [1.165, 1.54) is 31.2 Å². The van der Waals surface area contributed by atoms with Crippen LogP contribution < -0.4 is 11.1 Å². The lowest BCUT2D eigenvalue weighted by atomic mass is 9.84. The van der Waals surface area contributed by atoms with E-state index in [9.17, 15) is 4.79 Å². The fraction of sp³-hybridized carbons (Fsp3) is 0.571. The van der Waals surface area contributed by atoms with Gasteiger partial charge in [-0.3, -0.25) is 4.79 Å². The van der Waals surface area contributed by atoms with Crippen LogP contribution >= 0.6 is 0 Å². The minimum atomic E-state index is -0.0349. The summed E-state index contributed by atoms with van der Waals surface area (Å²) in [5.41, 5.74) is 10.3. The standard InChI is InChI=1S/C21H30N2O/c1-21(2)13-17-10-9-15(14-22)11-18(17)19(23-21)12-20(24)16-7-5-3-4-6-8-16/h9-12,16,23H,3-8,13-14,22H2,1-2H3/b19-12+. The number of allylic oxidation sites excluding steroid dienone is 1. The molecule has 0 saturated heterocycles. The van der Waals surface area contributed by atoms with Gasteiger partial charge >= 0.3 is 0 Å². The van der Waals surface area contributed by atoms with Crippen LogP contribution in [0.1, 0.15) is 69.1 Å². The number of hydrogen-bond acceptors (Lipinski definition) is 3. The maximum atomic E-state index is 12.9. The summed E-state index contributed by atoms with van der Waals surface area (Å²) in [6, 6.07) is 6.42. The molecule has 1 heterocycles. The van der Waals surface area contributed by atoms with E-state index in [2.05, 4.69) is 37.4 Å². The summed E-state index contributed by atoms with van der Waals surface area (Å²) in [5.74, 6) is 0.495. The summed E-state index contributed by atoms with van der Waals surface area (Å²) in [5, 5.41) is 3.59. The van der Waals surface area contributed by atoms with Gasteiger partial charge in [-0.2, -0.15) is 0 Å². The van der Waals surface area contributed by atoms with Crippen molar-refractivity contribution >= 4 is 11.5 Å². The van der Waals surface area contributed by atoms with Gasteiger partial charge in [0.05, 0.1) is 0 Å². The Kier molecular flexibility index (Phi) is 5.09. The highest BCUT2D eigenvalue weighted by Gasteiger charge is 2.29. The largest absolute Gasteiger partial charge is 0.379 e. The third-order valence-corrected chi connectivity index (χ3v) is 5.35. The third-order valence-electron chi connectivity index (χ3n) is 5.35. The number of carbonyl (C=O) groups excluding carboxylic acids is 1. The zero-order valence-corrected chi connectivity index (χ0v) is 15.0. The van der Waals surface area contributed by atoms with Crippen molar-refractivity contribution < 1.29 is 4.79 Å². The summed E-state index contributed by atoms with van der Waals surface area (Å²) < 4.78 is 0. The zero-order chi connectivity index (χ0) is 17.2. The number of nitrogens with one attached hydrogen (secondary N) is 1. The molecule has 0 aromatic heterocycles. The molecule has 1 aliphatic carbocycles. The molecular weight excluding hydrogens is 296 g/mol. The van der Waals surface area contributed by atoms with Crippen LogP contribution in [0.5, 0.6) is 0 Å². The Balaban J connectivity index is 1.92. The predicted octanol–water partition coefficient (Wildman–Crippen LogP) is 3.95. The van der Waals surface area contributed by atoms with Crippen LogP contribution in [0.2, 0.25) is 0 Å². The van der Waals surface area contributed by atoms with Gasteiger partial charge in [-0.1, -0.05) is 37.8 Å². The van der Waals surface area contributed by atoms with E-state index in [1.807, 2.05) is 6.08 Å². The minimum Gasteiger partial charge on any atom is -0.379 e. The first-order chi connectivity index (χ1) is 11.5. The molecule has 1 fully saturated rings. The van der Waals surface area contributed by atoms with Crippen LogP contribution in [0.3, 0.4) is 0 Å². The normalized spacial score (nSPS) is 22.5. The summed E-state index contributed by atoms with van der Waals surface area (Å²) >= 11 is 0. The van der Waals surface area contributed by atoms with Crippen LogP contribution in [0, 0.1) is 5.92 Å². The molecule has 1 aromatic rings.